The van der Waals surface area contributed by atoms with Crippen LogP contribution in [0.5, 0.6) is 0 Å². The zero-order valence-corrected chi connectivity index (χ0v) is 11.0. The Balaban J connectivity index is 1.78. The highest BCUT2D eigenvalue weighted by Crippen LogP contribution is 2.19. The first-order chi connectivity index (χ1) is 9.25. The molecule has 0 saturated carbocycles. The quantitative estimate of drug-likeness (QED) is 0.887. The van der Waals surface area contributed by atoms with Crippen LogP contribution in [0.4, 0.5) is 0 Å². The average molecular weight is 258 g/mol. The van der Waals surface area contributed by atoms with Gasteiger partial charge in [0.05, 0.1) is 6.61 Å². The molecule has 3 rings (SSSR count). The lowest BCUT2D eigenvalue weighted by molar-refractivity contribution is 0.0924. The Kier molecular flexibility index (Phi) is 3.25. The molecular formula is C15H18N2O2. The first-order valence-corrected chi connectivity index (χ1v) is 6.70. The van der Waals surface area contributed by atoms with Crippen LogP contribution in [0.15, 0.2) is 30.5 Å². The normalized spacial score (nSPS) is 20.6. The van der Waals surface area contributed by atoms with Gasteiger partial charge in [-0.2, -0.15) is 0 Å². The second kappa shape index (κ2) is 5.05. The van der Waals surface area contributed by atoms with Gasteiger partial charge in [-0.1, -0.05) is 6.07 Å². The molecule has 2 unspecified atom stereocenters. The zero-order chi connectivity index (χ0) is 13.2. The molecule has 1 amide bonds. The Labute approximate surface area is 112 Å². The number of amides is 1. The number of hydrogen-bond acceptors (Lipinski definition) is 2. The first kappa shape index (κ1) is 12.2. The van der Waals surface area contributed by atoms with E-state index in [2.05, 4.69) is 17.2 Å². The van der Waals surface area contributed by atoms with Gasteiger partial charge in [0.15, 0.2) is 0 Å². The summed E-state index contributed by atoms with van der Waals surface area (Å²) in [5, 5.41) is 4.05. The zero-order valence-electron chi connectivity index (χ0n) is 11.0. The number of aromatic amines is 1. The van der Waals surface area contributed by atoms with Crippen LogP contribution < -0.4 is 5.32 Å². The topological polar surface area (TPSA) is 54.1 Å². The summed E-state index contributed by atoms with van der Waals surface area (Å²) >= 11 is 0. The summed E-state index contributed by atoms with van der Waals surface area (Å²) in [6.45, 7) is 3.60. The van der Waals surface area contributed by atoms with Crippen molar-refractivity contribution < 1.29 is 9.53 Å². The number of ether oxygens (including phenoxy) is 1. The molecule has 1 aliphatic rings. The van der Waals surface area contributed by atoms with Crippen molar-refractivity contribution in [1.82, 2.24) is 10.3 Å². The molecular weight excluding hydrogens is 240 g/mol. The minimum Gasteiger partial charge on any atom is -0.381 e. The van der Waals surface area contributed by atoms with Gasteiger partial charge < -0.3 is 15.0 Å². The van der Waals surface area contributed by atoms with Crippen LogP contribution in [0.3, 0.4) is 0 Å². The van der Waals surface area contributed by atoms with E-state index in [4.69, 9.17) is 4.74 Å². The van der Waals surface area contributed by atoms with Crippen molar-refractivity contribution in [2.75, 3.05) is 13.2 Å². The number of H-pyrrole nitrogens is 1. The fraction of sp³-hybridized carbons (Fsp3) is 0.400. The van der Waals surface area contributed by atoms with Gasteiger partial charge in [-0.3, -0.25) is 4.79 Å². The van der Waals surface area contributed by atoms with Crippen LogP contribution in [-0.2, 0) is 4.74 Å². The number of benzene rings is 1. The van der Waals surface area contributed by atoms with Crippen LogP contribution >= 0.6 is 0 Å². The number of hydrogen-bond donors (Lipinski definition) is 2. The van der Waals surface area contributed by atoms with E-state index in [0.29, 0.717) is 5.92 Å². The van der Waals surface area contributed by atoms with Crippen molar-refractivity contribution in [2.24, 2.45) is 5.92 Å². The fourth-order valence-electron chi connectivity index (χ4n) is 2.63. The van der Waals surface area contributed by atoms with E-state index in [1.165, 1.54) is 0 Å². The Morgan fingerprint density at radius 1 is 1.47 bits per heavy atom. The molecule has 4 heteroatoms. The second-order valence-electron chi connectivity index (χ2n) is 5.13. The van der Waals surface area contributed by atoms with Gasteiger partial charge in [0.2, 0.25) is 0 Å². The monoisotopic (exact) mass is 258 g/mol. The molecule has 2 atom stereocenters. The maximum absolute atomic E-state index is 12.4. The van der Waals surface area contributed by atoms with Crippen molar-refractivity contribution >= 4 is 16.8 Å². The van der Waals surface area contributed by atoms with Gasteiger partial charge in [0.25, 0.3) is 5.91 Å². The number of rotatable bonds is 3. The summed E-state index contributed by atoms with van der Waals surface area (Å²) in [5.41, 5.74) is 1.72. The van der Waals surface area contributed by atoms with Gasteiger partial charge in [-0.15, -0.1) is 0 Å². The van der Waals surface area contributed by atoms with Gasteiger partial charge in [0.1, 0.15) is 0 Å². The van der Waals surface area contributed by atoms with E-state index in [0.717, 1.165) is 36.1 Å². The molecule has 4 nitrogen and oxygen atoms in total. The molecule has 2 heterocycles. The van der Waals surface area contributed by atoms with E-state index < -0.39 is 0 Å². The van der Waals surface area contributed by atoms with Crippen LogP contribution in [0, 0.1) is 5.92 Å². The molecule has 1 saturated heterocycles. The smallest absolute Gasteiger partial charge is 0.252 e. The van der Waals surface area contributed by atoms with Crippen molar-refractivity contribution in [1.29, 1.82) is 0 Å². The Hall–Kier alpha value is -1.81. The third-order valence-corrected chi connectivity index (χ3v) is 3.87. The largest absolute Gasteiger partial charge is 0.381 e. The molecule has 2 N–H and O–H groups in total. The highest BCUT2D eigenvalue weighted by atomic mass is 16.5. The lowest BCUT2D eigenvalue weighted by atomic mass is 10.00. The first-order valence-electron chi connectivity index (χ1n) is 6.70. The standard InChI is InChI=1S/C15H18N2O2/c1-10(11-6-8-19-9-11)17-15(18)13-3-2-4-14-12(13)5-7-16-14/h2-5,7,10-11,16H,6,8-9H2,1H3,(H,17,18). The second-order valence-corrected chi connectivity index (χ2v) is 5.13. The molecule has 1 aliphatic heterocycles. The minimum atomic E-state index is -0.00963. The van der Waals surface area contributed by atoms with Crippen molar-refractivity contribution in [3.63, 3.8) is 0 Å². The molecule has 0 radical (unpaired) electrons. The molecule has 1 aromatic carbocycles. The summed E-state index contributed by atoms with van der Waals surface area (Å²) < 4.78 is 5.37. The predicted octanol–water partition coefficient (Wildman–Crippen LogP) is 2.32. The number of carbonyl (C=O) groups excluding carboxylic acids is 1. The Morgan fingerprint density at radius 3 is 3.16 bits per heavy atom. The van der Waals surface area contributed by atoms with Crippen LogP contribution in [0.25, 0.3) is 10.9 Å². The number of fused-ring (bicyclic) bond motifs is 1. The molecule has 0 aliphatic carbocycles. The number of aromatic nitrogens is 1. The lowest BCUT2D eigenvalue weighted by Gasteiger charge is -2.19. The molecule has 1 aromatic heterocycles. The van der Waals surface area contributed by atoms with E-state index in [9.17, 15) is 4.79 Å². The van der Waals surface area contributed by atoms with Crippen LogP contribution in [-0.4, -0.2) is 30.1 Å². The molecule has 0 spiro atoms. The molecule has 2 aromatic rings. The molecule has 100 valence electrons. The lowest BCUT2D eigenvalue weighted by Crippen LogP contribution is -2.38. The summed E-state index contributed by atoms with van der Waals surface area (Å²) in [7, 11) is 0. The Morgan fingerprint density at radius 2 is 2.37 bits per heavy atom. The van der Waals surface area contributed by atoms with Crippen molar-refractivity contribution in [3.05, 3.63) is 36.0 Å². The van der Waals surface area contributed by atoms with E-state index in [1.54, 1.807) is 0 Å². The highest BCUT2D eigenvalue weighted by molar-refractivity contribution is 6.06. The fourth-order valence-corrected chi connectivity index (χ4v) is 2.63. The van der Waals surface area contributed by atoms with Crippen molar-refractivity contribution in [2.45, 2.75) is 19.4 Å². The van der Waals surface area contributed by atoms with E-state index >= 15 is 0 Å². The summed E-state index contributed by atoms with van der Waals surface area (Å²) in [6, 6.07) is 7.82. The summed E-state index contributed by atoms with van der Waals surface area (Å²) in [4.78, 5) is 15.5. The van der Waals surface area contributed by atoms with E-state index in [1.807, 2.05) is 30.5 Å². The molecule has 1 fully saturated rings. The van der Waals surface area contributed by atoms with Crippen LogP contribution in [0.2, 0.25) is 0 Å². The van der Waals surface area contributed by atoms with Gasteiger partial charge >= 0.3 is 0 Å². The summed E-state index contributed by atoms with van der Waals surface area (Å²) in [5.74, 6) is 0.416. The van der Waals surface area contributed by atoms with Gasteiger partial charge in [-0.05, 0) is 31.5 Å². The van der Waals surface area contributed by atoms with Crippen LogP contribution in [0.1, 0.15) is 23.7 Å². The average Bonchev–Trinajstić information content (AvgIpc) is 3.08. The maximum Gasteiger partial charge on any atom is 0.252 e. The molecule has 19 heavy (non-hydrogen) atoms. The minimum absolute atomic E-state index is 0.00963. The third kappa shape index (κ3) is 2.36. The SMILES string of the molecule is CC(NC(=O)c1cccc2[nH]ccc12)C1CCOC1. The number of carbonyl (C=O) groups is 1. The van der Waals surface area contributed by atoms with Gasteiger partial charge in [-0.25, -0.2) is 0 Å². The van der Waals surface area contributed by atoms with Gasteiger partial charge in [0, 0.05) is 41.2 Å². The predicted molar refractivity (Wildman–Crippen MR) is 74.2 cm³/mol. The molecule has 0 bridgehead atoms. The summed E-state index contributed by atoms with van der Waals surface area (Å²) in [6.07, 6.45) is 2.88. The maximum atomic E-state index is 12.4. The third-order valence-electron chi connectivity index (χ3n) is 3.87. The van der Waals surface area contributed by atoms with Crippen molar-refractivity contribution in [3.8, 4) is 0 Å². The number of nitrogens with one attached hydrogen (secondary N) is 2. The van der Waals surface area contributed by atoms with E-state index in [-0.39, 0.29) is 11.9 Å². The Bertz CT molecular complexity index is 585. The highest BCUT2D eigenvalue weighted by Gasteiger charge is 2.24.